The van der Waals surface area contributed by atoms with Crippen molar-refractivity contribution in [2.45, 2.75) is 82.1 Å². The van der Waals surface area contributed by atoms with Gasteiger partial charge in [-0.1, -0.05) is 12.1 Å². The van der Waals surface area contributed by atoms with Gasteiger partial charge in [-0.3, -0.25) is 10.1 Å². The van der Waals surface area contributed by atoms with Gasteiger partial charge in [-0.15, -0.1) is 13.2 Å². The van der Waals surface area contributed by atoms with Gasteiger partial charge >= 0.3 is 12.4 Å². The lowest BCUT2D eigenvalue weighted by Gasteiger charge is -2.36. The molecule has 0 aromatic heterocycles. The summed E-state index contributed by atoms with van der Waals surface area (Å²) in [4.78, 5) is 12.6. The van der Waals surface area contributed by atoms with Crippen LogP contribution in [0.2, 0.25) is 0 Å². The normalized spacial score (nSPS) is 28.6. The summed E-state index contributed by atoms with van der Waals surface area (Å²) in [6.45, 7) is 4.22. The summed E-state index contributed by atoms with van der Waals surface area (Å²) in [7, 11) is 0. The van der Waals surface area contributed by atoms with Crippen molar-refractivity contribution < 1.29 is 32.2 Å². The summed E-state index contributed by atoms with van der Waals surface area (Å²) in [6, 6.07) is 5.26. The van der Waals surface area contributed by atoms with Crippen LogP contribution >= 0.6 is 0 Å². The van der Waals surface area contributed by atoms with Gasteiger partial charge in [0.15, 0.2) is 6.23 Å². The van der Waals surface area contributed by atoms with E-state index in [1.807, 2.05) is 12.1 Å². The fourth-order valence-corrected chi connectivity index (χ4v) is 4.86. The predicted octanol–water partition coefficient (Wildman–Crippen LogP) is 3.71. The third-order valence-electron chi connectivity index (χ3n) is 6.61. The molecule has 4 rings (SSSR count). The maximum atomic E-state index is 12.6. The van der Waals surface area contributed by atoms with Gasteiger partial charge in [-0.25, -0.2) is 4.79 Å². The SMILES string of the molecule is Cc1cccc(OC2NCCC[C@@H]2NC(=O)NC2CCC(OC(F)(F)F)CC2)c1C1COC1. The highest BCUT2D eigenvalue weighted by molar-refractivity contribution is 5.74. The van der Waals surface area contributed by atoms with Crippen molar-refractivity contribution in [2.75, 3.05) is 19.8 Å². The molecule has 0 spiro atoms. The number of nitrogens with one attached hydrogen (secondary N) is 3. The summed E-state index contributed by atoms with van der Waals surface area (Å²) in [6.07, 6.45) is -2.72. The summed E-state index contributed by atoms with van der Waals surface area (Å²) >= 11 is 0. The first kappa shape index (κ1) is 24.1. The second-order valence-corrected chi connectivity index (χ2v) is 9.12. The summed E-state index contributed by atoms with van der Waals surface area (Å²) in [5.41, 5.74) is 2.31. The highest BCUT2D eigenvalue weighted by Gasteiger charge is 2.36. The Bertz CT molecular complexity index is 811. The zero-order valence-corrected chi connectivity index (χ0v) is 18.7. The van der Waals surface area contributed by atoms with Crippen molar-refractivity contribution in [2.24, 2.45) is 0 Å². The molecular weight excluding hydrogens is 439 g/mol. The molecule has 1 aromatic rings. The lowest BCUT2D eigenvalue weighted by atomic mass is 9.92. The number of piperidine rings is 1. The highest BCUT2D eigenvalue weighted by Crippen LogP contribution is 2.35. The maximum Gasteiger partial charge on any atom is 0.522 e. The van der Waals surface area contributed by atoms with Crippen LogP contribution in [0.1, 0.15) is 55.6 Å². The second kappa shape index (κ2) is 10.5. The fraction of sp³-hybridized carbons (Fsp3) is 0.696. The Morgan fingerprint density at radius 3 is 2.55 bits per heavy atom. The van der Waals surface area contributed by atoms with Gasteiger partial charge in [-0.2, -0.15) is 0 Å². The molecule has 1 aromatic carbocycles. The largest absolute Gasteiger partial charge is 0.522 e. The average molecular weight is 472 g/mol. The number of hydrogen-bond acceptors (Lipinski definition) is 5. The van der Waals surface area contributed by atoms with E-state index in [0.29, 0.717) is 32.0 Å². The third kappa shape index (κ3) is 6.51. The molecule has 3 fully saturated rings. The summed E-state index contributed by atoms with van der Waals surface area (Å²) in [5, 5.41) is 9.26. The Kier molecular flexibility index (Phi) is 7.65. The Balaban J connectivity index is 1.30. The van der Waals surface area contributed by atoms with Crippen LogP contribution in [-0.2, 0) is 9.47 Å². The minimum atomic E-state index is -4.62. The number of carbonyl (C=O) groups excluding carboxylic acids is 1. The number of halogens is 3. The van der Waals surface area contributed by atoms with Gasteiger partial charge in [0.2, 0.25) is 0 Å². The first-order valence-corrected chi connectivity index (χ1v) is 11.7. The van der Waals surface area contributed by atoms with Crippen LogP contribution < -0.4 is 20.7 Å². The molecule has 1 unspecified atom stereocenters. The number of aryl methyl sites for hydroxylation is 1. The smallest absolute Gasteiger partial charge is 0.473 e. The first-order valence-electron chi connectivity index (χ1n) is 11.7. The quantitative estimate of drug-likeness (QED) is 0.590. The van der Waals surface area contributed by atoms with Crippen molar-refractivity contribution in [1.29, 1.82) is 0 Å². The number of hydrogen-bond donors (Lipinski definition) is 3. The monoisotopic (exact) mass is 471 g/mol. The van der Waals surface area contributed by atoms with E-state index in [1.165, 1.54) is 0 Å². The molecule has 2 heterocycles. The number of alkyl halides is 3. The van der Waals surface area contributed by atoms with Crippen molar-refractivity contribution in [3.05, 3.63) is 29.3 Å². The minimum Gasteiger partial charge on any atom is -0.473 e. The van der Waals surface area contributed by atoms with E-state index in [0.717, 1.165) is 36.3 Å². The number of carbonyl (C=O) groups is 1. The molecule has 2 saturated heterocycles. The molecular formula is C23H32F3N3O4. The topological polar surface area (TPSA) is 80.9 Å². The van der Waals surface area contributed by atoms with Crippen LogP contribution in [0.4, 0.5) is 18.0 Å². The molecule has 33 heavy (non-hydrogen) atoms. The van der Waals surface area contributed by atoms with Gasteiger partial charge in [0, 0.05) is 17.5 Å². The predicted molar refractivity (Wildman–Crippen MR) is 115 cm³/mol. The summed E-state index contributed by atoms with van der Waals surface area (Å²) < 4.78 is 53.0. The molecule has 0 radical (unpaired) electrons. The Hall–Kier alpha value is -2.04. The maximum absolute atomic E-state index is 12.6. The van der Waals surface area contributed by atoms with E-state index in [1.54, 1.807) is 0 Å². The van der Waals surface area contributed by atoms with E-state index >= 15 is 0 Å². The van der Waals surface area contributed by atoms with Crippen molar-refractivity contribution in [3.63, 3.8) is 0 Å². The minimum absolute atomic E-state index is 0.170. The van der Waals surface area contributed by atoms with Crippen molar-refractivity contribution >= 4 is 6.03 Å². The molecule has 1 aliphatic carbocycles. The van der Waals surface area contributed by atoms with Gasteiger partial charge in [0.05, 0.1) is 25.4 Å². The average Bonchev–Trinajstić information content (AvgIpc) is 2.71. The molecule has 3 N–H and O–H groups in total. The summed E-state index contributed by atoms with van der Waals surface area (Å²) in [5.74, 6) is 1.12. The Labute approximate surface area is 191 Å². The Morgan fingerprint density at radius 1 is 1.12 bits per heavy atom. The van der Waals surface area contributed by atoms with E-state index in [9.17, 15) is 18.0 Å². The van der Waals surface area contributed by atoms with Crippen LogP contribution in [0.5, 0.6) is 5.75 Å². The number of urea groups is 1. The number of amides is 2. The van der Waals surface area contributed by atoms with Crippen molar-refractivity contribution in [3.8, 4) is 5.75 Å². The van der Waals surface area contributed by atoms with Crippen LogP contribution in [0.25, 0.3) is 0 Å². The molecule has 10 heteroatoms. The zero-order valence-electron chi connectivity index (χ0n) is 18.7. The molecule has 7 nitrogen and oxygen atoms in total. The molecule has 2 atom stereocenters. The molecule has 184 valence electrons. The van der Waals surface area contributed by atoms with E-state index in [2.05, 4.69) is 33.7 Å². The van der Waals surface area contributed by atoms with Crippen LogP contribution in [-0.4, -0.2) is 56.6 Å². The van der Waals surface area contributed by atoms with Crippen LogP contribution in [0.3, 0.4) is 0 Å². The molecule has 3 aliphatic rings. The van der Waals surface area contributed by atoms with Crippen LogP contribution in [0, 0.1) is 6.92 Å². The van der Waals surface area contributed by atoms with Crippen LogP contribution in [0.15, 0.2) is 18.2 Å². The number of rotatable bonds is 6. The number of benzene rings is 1. The Morgan fingerprint density at radius 2 is 1.88 bits per heavy atom. The first-order chi connectivity index (χ1) is 15.8. The highest BCUT2D eigenvalue weighted by atomic mass is 19.4. The number of ether oxygens (including phenoxy) is 3. The molecule has 0 bridgehead atoms. The zero-order chi connectivity index (χ0) is 23.4. The molecule has 2 amide bonds. The van der Waals surface area contributed by atoms with Gasteiger partial charge < -0.3 is 20.1 Å². The fourth-order valence-electron chi connectivity index (χ4n) is 4.86. The van der Waals surface area contributed by atoms with Gasteiger partial charge in [0.1, 0.15) is 5.75 Å². The van der Waals surface area contributed by atoms with Gasteiger partial charge in [-0.05, 0) is 63.6 Å². The third-order valence-corrected chi connectivity index (χ3v) is 6.61. The molecule has 2 aliphatic heterocycles. The van der Waals surface area contributed by atoms with Crippen molar-refractivity contribution in [1.82, 2.24) is 16.0 Å². The lowest BCUT2D eigenvalue weighted by Crippen LogP contribution is -2.58. The van der Waals surface area contributed by atoms with E-state index in [4.69, 9.17) is 9.47 Å². The van der Waals surface area contributed by atoms with Gasteiger partial charge in [0.25, 0.3) is 0 Å². The lowest BCUT2D eigenvalue weighted by molar-refractivity contribution is -0.345. The standard InChI is InChI=1S/C23H32F3N3O4/c1-14-4-2-6-19(20(14)15-12-31-13-15)32-21-18(5-3-11-27-21)29-22(30)28-16-7-9-17(10-8-16)33-23(24,25)26/h2,4,6,15-18,21,27H,3,5,7-13H2,1H3,(H2,28,29,30)/t16?,17?,18-,21?/m0/s1. The van der Waals surface area contributed by atoms with E-state index in [-0.39, 0.29) is 37.2 Å². The second-order valence-electron chi connectivity index (χ2n) is 9.12. The molecule has 1 saturated carbocycles. The van der Waals surface area contributed by atoms with E-state index < -0.39 is 12.5 Å².